The number of carbonyl (C=O) groups is 1. The Morgan fingerprint density at radius 1 is 1.25 bits per heavy atom. The molecule has 1 heterocycles. The van der Waals surface area contributed by atoms with Crippen LogP contribution in [0.3, 0.4) is 0 Å². The molecule has 2 aromatic rings. The lowest BCUT2D eigenvalue weighted by Gasteiger charge is -2.03. The van der Waals surface area contributed by atoms with Gasteiger partial charge in [-0.1, -0.05) is 34.1 Å². The number of halogens is 1. The van der Waals surface area contributed by atoms with Crippen LogP contribution in [0, 0.1) is 0 Å². The van der Waals surface area contributed by atoms with Crippen LogP contribution in [-0.2, 0) is 11.2 Å². The molecule has 102 valence electrons. The predicted molar refractivity (Wildman–Crippen MR) is 82.4 cm³/mol. The topological polar surface area (TPSA) is 54.4 Å². The number of nitrogens with one attached hydrogen (secondary N) is 1. The van der Waals surface area contributed by atoms with Gasteiger partial charge >= 0.3 is 0 Å². The fourth-order valence-corrected chi connectivity index (χ4v) is 1.87. The Bertz CT molecular complexity index is 609. The summed E-state index contributed by atoms with van der Waals surface area (Å²) in [4.78, 5) is 15.9. The van der Waals surface area contributed by atoms with Crippen molar-refractivity contribution in [3.8, 4) is 0 Å². The lowest BCUT2D eigenvalue weighted by atomic mass is 10.1. The van der Waals surface area contributed by atoms with Gasteiger partial charge in [0.15, 0.2) is 0 Å². The number of rotatable bonds is 4. The van der Waals surface area contributed by atoms with Crippen molar-refractivity contribution in [3.63, 3.8) is 0 Å². The zero-order valence-electron chi connectivity index (χ0n) is 11.0. The van der Waals surface area contributed by atoms with Gasteiger partial charge in [0.05, 0.1) is 17.8 Å². The summed E-state index contributed by atoms with van der Waals surface area (Å²) in [7, 11) is 0. The van der Waals surface area contributed by atoms with Crippen molar-refractivity contribution in [2.75, 3.05) is 0 Å². The van der Waals surface area contributed by atoms with E-state index in [9.17, 15) is 4.79 Å². The van der Waals surface area contributed by atoms with Crippen molar-refractivity contribution < 1.29 is 4.79 Å². The minimum absolute atomic E-state index is 0.150. The second kappa shape index (κ2) is 6.96. The molecular weight excluding hydrogens is 318 g/mol. The minimum Gasteiger partial charge on any atom is -0.273 e. The summed E-state index contributed by atoms with van der Waals surface area (Å²) in [5.41, 5.74) is 4.90. The Kier molecular flexibility index (Phi) is 5.01. The van der Waals surface area contributed by atoms with Gasteiger partial charge in [-0.25, -0.2) is 5.43 Å². The largest absolute Gasteiger partial charge is 0.273 e. The number of carbonyl (C=O) groups excluding carboxylic acids is 1. The van der Waals surface area contributed by atoms with Crippen molar-refractivity contribution in [1.82, 2.24) is 10.4 Å². The van der Waals surface area contributed by atoms with Crippen molar-refractivity contribution in [2.24, 2.45) is 5.10 Å². The molecule has 2 rings (SSSR count). The number of aromatic nitrogens is 1. The molecule has 0 bridgehead atoms. The molecule has 0 fully saturated rings. The molecule has 0 spiro atoms. The number of hydrazone groups is 1. The Morgan fingerprint density at radius 3 is 2.65 bits per heavy atom. The quantitative estimate of drug-likeness (QED) is 0.691. The Hall–Kier alpha value is -2.01. The lowest BCUT2D eigenvalue weighted by Crippen LogP contribution is -2.21. The van der Waals surface area contributed by atoms with E-state index in [-0.39, 0.29) is 5.91 Å². The normalized spacial score (nSPS) is 11.2. The summed E-state index contributed by atoms with van der Waals surface area (Å²) in [6.07, 6.45) is 1.99. The second-order valence-corrected chi connectivity index (χ2v) is 5.17. The van der Waals surface area contributed by atoms with E-state index in [1.165, 1.54) is 0 Å². The molecule has 0 unspecified atom stereocenters. The smallest absolute Gasteiger partial charge is 0.244 e. The van der Waals surface area contributed by atoms with Gasteiger partial charge in [-0.3, -0.25) is 9.78 Å². The number of pyridine rings is 1. The molecule has 0 radical (unpaired) electrons. The Balaban J connectivity index is 1.93. The van der Waals surface area contributed by atoms with E-state index in [1.54, 1.807) is 6.20 Å². The summed E-state index contributed by atoms with van der Waals surface area (Å²) in [5, 5.41) is 4.05. The van der Waals surface area contributed by atoms with Gasteiger partial charge in [-0.2, -0.15) is 5.10 Å². The standard InChI is InChI=1S/C15H14BrN3O/c1-11(14-4-2-3-9-17-14)18-19-15(20)10-12-5-7-13(16)8-6-12/h2-9H,10H2,1H3,(H,19,20). The molecule has 1 aromatic heterocycles. The highest BCUT2D eigenvalue weighted by molar-refractivity contribution is 9.10. The average molecular weight is 332 g/mol. The highest BCUT2D eigenvalue weighted by atomic mass is 79.9. The van der Waals surface area contributed by atoms with Gasteiger partial charge in [0.2, 0.25) is 5.91 Å². The van der Waals surface area contributed by atoms with Gasteiger partial charge in [-0.05, 0) is 36.8 Å². The molecule has 1 aromatic carbocycles. The first-order valence-electron chi connectivity index (χ1n) is 6.14. The van der Waals surface area contributed by atoms with Crippen LogP contribution in [0.25, 0.3) is 0 Å². The van der Waals surface area contributed by atoms with Gasteiger partial charge in [-0.15, -0.1) is 0 Å². The summed E-state index contributed by atoms with van der Waals surface area (Å²) >= 11 is 3.36. The van der Waals surface area contributed by atoms with Crippen molar-refractivity contribution in [2.45, 2.75) is 13.3 Å². The summed E-state index contributed by atoms with van der Waals surface area (Å²) in [6.45, 7) is 1.81. The van der Waals surface area contributed by atoms with Crippen LogP contribution in [-0.4, -0.2) is 16.6 Å². The maximum absolute atomic E-state index is 11.8. The lowest BCUT2D eigenvalue weighted by molar-refractivity contribution is -0.120. The fraction of sp³-hybridized carbons (Fsp3) is 0.133. The molecule has 0 aliphatic rings. The minimum atomic E-state index is -0.150. The first kappa shape index (κ1) is 14.4. The van der Waals surface area contributed by atoms with Gasteiger partial charge in [0, 0.05) is 10.7 Å². The maximum Gasteiger partial charge on any atom is 0.244 e. The highest BCUT2D eigenvalue weighted by Crippen LogP contribution is 2.10. The first-order chi connectivity index (χ1) is 9.65. The highest BCUT2D eigenvalue weighted by Gasteiger charge is 2.03. The molecule has 0 atom stereocenters. The molecule has 0 aliphatic carbocycles. The predicted octanol–water partition coefficient (Wildman–Crippen LogP) is 2.93. The van der Waals surface area contributed by atoms with Crippen LogP contribution >= 0.6 is 15.9 Å². The van der Waals surface area contributed by atoms with E-state index in [4.69, 9.17) is 0 Å². The molecule has 1 N–H and O–H groups in total. The van der Waals surface area contributed by atoms with Crippen LogP contribution in [0.2, 0.25) is 0 Å². The van der Waals surface area contributed by atoms with Crippen LogP contribution < -0.4 is 5.43 Å². The number of amides is 1. The van der Waals surface area contributed by atoms with Gasteiger partial charge in [0.25, 0.3) is 0 Å². The number of nitrogens with zero attached hydrogens (tertiary/aromatic N) is 2. The molecular formula is C15H14BrN3O. The van der Waals surface area contributed by atoms with E-state index in [0.717, 1.165) is 15.7 Å². The monoisotopic (exact) mass is 331 g/mol. The van der Waals surface area contributed by atoms with Crippen LogP contribution in [0.1, 0.15) is 18.2 Å². The molecule has 1 amide bonds. The summed E-state index contributed by atoms with van der Waals surface area (Å²) in [6, 6.07) is 13.2. The van der Waals surface area contributed by atoms with Crippen molar-refractivity contribution >= 4 is 27.5 Å². The molecule has 0 saturated carbocycles. The second-order valence-electron chi connectivity index (χ2n) is 4.25. The zero-order valence-corrected chi connectivity index (χ0v) is 12.6. The van der Waals surface area contributed by atoms with E-state index in [0.29, 0.717) is 12.1 Å². The SMILES string of the molecule is CC(=NNC(=O)Cc1ccc(Br)cc1)c1ccccn1. The zero-order chi connectivity index (χ0) is 14.4. The average Bonchev–Trinajstić information content (AvgIpc) is 2.48. The molecule has 4 nitrogen and oxygen atoms in total. The maximum atomic E-state index is 11.8. The molecule has 20 heavy (non-hydrogen) atoms. The summed E-state index contributed by atoms with van der Waals surface area (Å²) in [5.74, 6) is -0.150. The third-order valence-corrected chi connectivity index (χ3v) is 3.19. The molecule has 0 aliphatic heterocycles. The number of hydrogen-bond donors (Lipinski definition) is 1. The van der Waals surface area contributed by atoms with Crippen LogP contribution in [0.15, 0.2) is 58.2 Å². The van der Waals surface area contributed by atoms with E-state index in [2.05, 4.69) is 31.4 Å². The van der Waals surface area contributed by atoms with E-state index in [1.807, 2.05) is 49.4 Å². The summed E-state index contributed by atoms with van der Waals surface area (Å²) < 4.78 is 0.991. The Labute approximate surface area is 126 Å². The number of hydrogen-bond acceptors (Lipinski definition) is 3. The first-order valence-corrected chi connectivity index (χ1v) is 6.93. The fourth-order valence-electron chi connectivity index (χ4n) is 1.61. The van der Waals surface area contributed by atoms with Gasteiger partial charge in [0.1, 0.15) is 0 Å². The van der Waals surface area contributed by atoms with Crippen molar-refractivity contribution in [1.29, 1.82) is 0 Å². The van der Waals surface area contributed by atoms with E-state index >= 15 is 0 Å². The number of benzene rings is 1. The third-order valence-electron chi connectivity index (χ3n) is 2.66. The van der Waals surface area contributed by atoms with Crippen LogP contribution in [0.5, 0.6) is 0 Å². The van der Waals surface area contributed by atoms with E-state index < -0.39 is 0 Å². The Morgan fingerprint density at radius 2 is 2.00 bits per heavy atom. The van der Waals surface area contributed by atoms with Crippen LogP contribution in [0.4, 0.5) is 0 Å². The molecule has 5 heteroatoms. The van der Waals surface area contributed by atoms with Gasteiger partial charge < -0.3 is 0 Å². The van der Waals surface area contributed by atoms with Crippen molar-refractivity contribution in [3.05, 3.63) is 64.4 Å². The molecule has 0 saturated heterocycles. The third kappa shape index (κ3) is 4.28.